The predicted octanol–water partition coefficient (Wildman–Crippen LogP) is 5.93. The zero-order valence-electron chi connectivity index (χ0n) is 16.9. The van der Waals surface area contributed by atoms with Crippen LogP contribution in [-0.2, 0) is 12.2 Å². The highest BCUT2D eigenvalue weighted by Gasteiger charge is 2.13. The molecule has 1 N–H and O–H groups in total. The van der Waals surface area contributed by atoms with Crippen LogP contribution in [0.1, 0.15) is 11.1 Å². The Balaban J connectivity index is 1.39. The summed E-state index contributed by atoms with van der Waals surface area (Å²) in [6.07, 6.45) is 0.836. The van der Waals surface area contributed by atoms with Gasteiger partial charge in [0.05, 0.1) is 6.61 Å². The molecule has 0 saturated carbocycles. The zero-order valence-corrected chi connectivity index (χ0v) is 17.7. The van der Waals surface area contributed by atoms with Crippen molar-refractivity contribution in [3.8, 4) is 22.8 Å². The Bertz CT molecular complexity index is 1190. The highest BCUT2D eigenvalue weighted by atomic mass is 32.2. The standard InChI is InChI=1S/C26H22O4S/c27-23-17-24(21-11-5-2-6-12-21)30-26(28)25(23)31-18-20-10-7-13-22(16-20)29-15-14-19-8-3-1-4-9-19/h1-13,16-17,27H,14-15,18H2. The molecule has 0 fully saturated rings. The van der Waals surface area contributed by atoms with Crippen LogP contribution in [0.4, 0.5) is 0 Å². The fraction of sp³-hybridized carbons (Fsp3) is 0.115. The lowest BCUT2D eigenvalue weighted by Gasteiger charge is -2.09. The van der Waals surface area contributed by atoms with Gasteiger partial charge in [-0.3, -0.25) is 0 Å². The quantitative estimate of drug-likeness (QED) is 0.351. The second-order valence-electron chi connectivity index (χ2n) is 7.00. The van der Waals surface area contributed by atoms with E-state index in [2.05, 4.69) is 12.1 Å². The molecule has 0 radical (unpaired) electrons. The molecule has 0 bridgehead atoms. The third-order valence-electron chi connectivity index (χ3n) is 4.73. The largest absolute Gasteiger partial charge is 0.506 e. The number of benzene rings is 3. The number of hydrogen-bond donors (Lipinski definition) is 1. The van der Waals surface area contributed by atoms with E-state index in [-0.39, 0.29) is 10.6 Å². The van der Waals surface area contributed by atoms with Crippen molar-refractivity contribution >= 4 is 11.8 Å². The molecular weight excluding hydrogens is 408 g/mol. The minimum Gasteiger partial charge on any atom is -0.506 e. The second-order valence-corrected chi connectivity index (χ2v) is 7.98. The fourth-order valence-corrected chi connectivity index (χ4v) is 4.02. The Morgan fingerprint density at radius 3 is 2.29 bits per heavy atom. The van der Waals surface area contributed by atoms with Gasteiger partial charge in [0.1, 0.15) is 22.2 Å². The first-order valence-corrected chi connectivity index (χ1v) is 11.0. The van der Waals surface area contributed by atoms with E-state index in [1.807, 2.05) is 72.8 Å². The molecule has 31 heavy (non-hydrogen) atoms. The molecule has 0 unspecified atom stereocenters. The number of ether oxygens (including phenoxy) is 1. The summed E-state index contributed by atoms with van der Waals surface area (Å²) in [5.74, 6) is 1.57. The van der Waals surface area contributed by atoms with Crippen molar-refractivity contribution in [1.29, 1.82) is 0 Å². The normalized spacial score (nSPS) is 10.7. The minimum absolute atomic E-state index is 0.0737. The maximum absolute atomic E-state index is 12.4. The lowest BCUT2D eigenvalue weighted by molar-refractivity contribution is 0.322. The van der Waals surface area contributed by atoms with Gasteiger partial charge in [-0.15, -0.1) is 11.8 Å². The van der Waals surface area contributed by atoms with E-state index in [4.69, 9.17) is 9.15 Å². The summed E-state index contributed by atoms with van der Waals surface area (Å²) in [6, 6.07) is 28.7. The van der Waals surface area contributed by atoms with Crippen LogP contribution in [0.2, 0.25) is 0 Å². The van der Waals surface area contributed by atoms with Gasteiger partial charge in [-0.1, -0.05) is 72.8 Å². The van der Waals surface area contributed by atoms with Crippen molar-refractivity contribution in [2.24, 2.45) is 0 Å². The van der Waals surface area contributed by atoms with E-state index in [1.54, 1.807) is 0 Å². The molecule has 1 aromatic heterocycles. The molecule has 1 heterocycles. The van der Waals surface area contributed by atoms with E-state index in [9.17, 15) is 9.90 Å². The van der Waals surface area contributed by atoms with Gasteiger partial charge >= 0.3 is 5.63 Å². The van der Waals surface area contributed by atoms with E-state index in [0.29, 0.717) is 18.1 Å². The van der Waals surface area contributed by atoms with Crippen molar-refractivity contribution in [1.82, 2.24) is 0 Å². The first kappa shape index (κ1) is 20.8. The van der Waals surface area contributed by atoms with Crippen LogP contribution >= 0.6 is 11.8 Å². The molecule has 5 heteroatoms. The number of rotatable bonds is 8. The molecule has 4 nitrogen and oxygen atoms in total. The summed E-state index contributed by atoms with van der Waals surface area (Å²) in [5.41, 5.74) is 2.43. The molecular formula is C26H22O4S. The highest BCUT2D eigenvalue weighted by Crippen LogP contribution is 2.32. The van der Waals surface area contributed by atoms with Gasteiger partial charge in [0.2, 0.25) is 0 Å². The monoisotopic (exact) mass is 430 g/mol. The SMILES string of the molecule is O=c1oc(-c2ccccc2)cc(O)c1SCc1cccc(OCCc2ccccc2)c1. The lowest BCUT2D eigenvalue weighted by Crippen LogP contribution is -2.03. The number of hydrogen-bond acceptors (Lipinski definition) is 5. The minimum atomic E-state index is -0.542. The second kappa shape index (κ2) is 10.0. The van der Waals surface area contributed by atoms with Crippen LogP contribution in [0.15, 0.2) is 105 Å². The summed E-state index contributed by atoms with van der Waals surface area (Å²) in [7, 11) is 0. The van der Waals surface area contributed by atoms with Gasteiger partial charge in [-0.2, -0.15) is 0 Å². The molecule has 0 aliphatic carbocycles. The zero-order chi connectivity index (χ0) is 21.5. The highest BCUT2D eigenvalue weighted by molar-refractivity contribution is 7.98. The van der Waals surface area contributed by atoms with Crippen molar-refractivity contribution in [3.05, 3.63) is 113 Å². The molecule has 0 amide bonds. The Hall–Kier alpha value is -3.44. The lowest BCUT2D eigenvalue weighted by atomic mass is 10.1. The van der Waals surface area contributed by atoms with Gasteiger partial charge < -0.3 is 14.3 Å². The third-order valence-corrected chi connectivity index (χ3v) is 5.87. The average molecular weight is 431 g/mol. The van der Waals surface area contributed by atoms with Gasteiger partial charge in [0.25, 0.3) is 0 Å². The van der Waals surface area contributed by atoms with E-state index in [1.165, 1.54) is 23.4 Å². The average Bonchev–Trinajstić information content (AvgIpc) is 2.80. The maximum Gasteiger partial charge on any atom is 0.353 e. The van der Waals surface area contributed by atoms with E-state index < -0.39 is 5.63 Å². The number of aromatic hydroxyl groups is 1. The first-order chi connectivity index (χ1) is 15.2. The van der Waals surface area contributed by atoms with Crippen LogP contribution < -0.4 is 10.4 Å². The maximum atomic E-state index is 12.4. The smallest absolute Gasteiger partial charge is 0.353 e. The van der Waals surface area contributed by atoms with Gasteiger partial charge in [0.15, 0.2) is 0 Å². The first-order valence-electron chi connectivity index (χ1n) is 10.00. The Kier molecular flexibility index (Phi) is 6.75. The van der Waals surface area contributed by atoms with Gasteiger partial charge in [-0.25, -0.2) is 4.79 Å². The Morgan fingerprint density at radius 2 is 1.55 bits per heavy atom. The van der Waals surface area contributed by atoms with Crippen LogP contribution in [0.5, 0.6) is 11.5 Å². The van der Waals surface area contributed by atoms with Crippen LogP contribution in [0, 0.1) is 0 Å². The van der Waals surface area contributed by atoms with Crippen molar-refractivity contribution in [2.45, 2.75) is 17.1 Å². The van der Waals surface area contributed by atoms with Crippen LogP contribution in [-0.4, -0.2) is 11.7 Å². The molecule has 0 atom stereocenters. The van der Waals surface area contributed by atoms with E-state index >= 15 is 0 Å². The molecule has 4 rings (SSSR count). The molecule has 0 aliphatic heterocycles. The van der Waals surface area contributed by atoms with Gasteiger partial charge in [-0.05, 0) is 23.3 Å². The molecule has 0 spiro atoms. The number of thioether (sulfide) groups is 1. The molecule has 0 aliphatic rings. The van der Waals surface area contributed by atoms with Crippen LogP contribution in [0.3, 0.4) is 0 Å². The third kappa shape index (κ3) is 5.58. The summed E-state index contributed by atoms with van der Waals surface area (Å²) in [5, 5.41) is 10.4. The molecule has 4 aromatic rings. The summed E-state index contributed by atoms with van der Waals surface area (Å²) >= 11 is 1.25. The fourth-order valence-electron chi connectivity index (χ4n) is 3.16. The predicted molar refractivity (Wildman–Crippen MR) is 124 cm³/mol. The van der Waals surface area contributed by atoms with Crippen molar-refractivity contribution in [2.75, 3.05) is 6.61 Å². The Morgan fingerprint density at radius 1 is 0.839 bits per heavy atom. The molecule has 156 valence electrons. The van der Waals surface area contributed by atoms with Crippen molar-refractivity contribution < 1.29 is 14.3 Å². The van der Waals surface area contributed by atoms with Crippen molar-refractivity contribution in [3.63, 3.8) is 0 Å². The molecule has 0 saturated heterocycles. The summed E-state index contributed by atoms with van der Waals surface area (Å²) in [6.45, 7) is 0.589. The molecule has 3 aromatic carbocycles. The van der Waals surface area contributed by atoms with Gasteiger partial charge in [0, 0.05) is 23.8 Å². The van der Waals surface area contributed by atoms with E-state index in [0.717, 1.165) is 23.3 Å². The Labute approximate surface area is 185 Å². The summed E-state index contributed by atoms with van der Waals surface area (Å²) < 4.78 is 11.3. The summed E-state index contributed by atoms with van der Waals surface area (Å²) in [4.78, 5) is 12.6. The van der Waals surface area contributed by atoms with Crippen LogP contribution in [0.25, 0.3) is 11.3 Å². The topological polar surface area (TPSA) is 59.7 Å².